The monoisotopic (exact) mass is 296 g/mol. The maximum atomic E-state index is 6.22. The number of aryl methyl sites for hydroxylation is 1. The highest BCUT2D eigenvalue weighted by atomic mass is 35.5. The molecule has 0 atom stereocenters. The van der Waals surface area contributed by atoms with Crippen molar-refractivity contribution >= 4 is 23.2 Å². The van der Waals surface area contributed by atoms with Crippen LogP contribution in [0.5, 0.6) is 0 Å². The highest BCUT2D eigenvalue weighted by molar-refractivity contribution is 6.35. The van der Waals surface area contributed by atoms with Gasteiger partial charge < -0.3 is 5.32 Å². The van der Waals surface area contributed by atoms with Gasteiger partial charge in [0.25, 0.3) is 0 Å². The Balaban J connectivity index is 1.83. The van der Waals surface area contributed by atoms with Crippen molar-refractivity contribution in [2.45, 2.75) is 32.4 Å². The molecule has 0 amide bonds. The molecule has 1 fully saturated rings. The summed E-state index contributed by atoms with van der Waals surface area (Å²) < 4.78 is 1.66. The Hall–Kier alpha value is -1.10. The molecule has 1 N–H and O–H groups in total. The molecule has 2 aromatic rings. The summed E-state index contributed by atoms with van der Waals surface area (Å²) in [4.78, 5) is 0. The van der Waals surface area contributed by atoms with Crippen molar-refractivity contribution in [3.63, 3.8) is 0 Å². The Morgan fingerprint density at radius 1 is 1.32 bits per heavy atom. The minimum atomic E-state index is 0.619. The lowest BCUT2D eigenvalue weighted by Gasteiger charge is -2.06. The highest BCUT2D eigenvalue weighted by Gasteiger charge is 2.20. The maximum Gasteiger partial charge on any atom is 0.0969 e. The number of rotatable bonds is 4. The zero-order chi connectivity index (χ0) is 13.4. The van der Waals surface area contributed by atoms with Gasteiger partial charge in [-0.15, -0.1) is 5.10 Å². The van der Waals surface area contributed by atoms with Gasteiger partial charge in [-0.1, -0.05) is 28.4 Å². The van der Waals surface area contributed by atoms with E-state index in [1.54, 1.807) is 4.68 Å². The molecular weight excluding hydrogens is 283 g/mol. The lowest BCUT2D eigenvalue weighted by molar-refractivity contribution is 0.671. The Labute approximate surface area is 121 Å². The predicted octanol–water partition coefficient (Wildman–Crippen LogP) is 3.13. The van der Waals surface area contributed by atoms with Crippen molar-refractivity contribution in [2.24, 2.45) is 0 Å². The van der Waals surface area contributed by atoms with E-state index in [0.29, 0.717) is 16.1 Å². The van der Waals surface area contributed by atoms with Crippen LogP contribution in [0.3, 0.4) is 0 Å². The van der Waals surface area contributed by atoms with Gasteiger partial charge in [0.2, 0.25) is 0 Å². The zero-order valence-corrected chi connectivity index (χ0v) is 12.0. The first-order chi connectivity index (χ1) is 9.13. The van der Waals surface area contributed by atoms with E-state index in [1.165, 1.54) is 12.8 Å². The fraction of sp³-hybridized carbons (Fsp3) is 0.385. The first kappa shape index (κ1) is 12.9. The van der Waals surface area contributed by atoms with Gasteiger partial charge in [0, 0.05) is 17.6 Å². The highest BCUT2D eigenvalue weighted by Crippen LogP contribution is 2.27. The summed E-state index contributed by atoms with van der Waals surface area (Å²) in [6.45, 7) is 2.66. The molecule has 0 unspecified atom stereocenters. The fourth-order valence-corrected chi connectivity index (χ4v) is 2.31. The average Bonchev–Trinajstić information content (AvgIpc) is 3.09. The molecule has 4 nitrogen and oxygen atoms in total. The fourth-order valence-electron chi connectivity index (χ4n) is 1.84. The molecule has 1 saturated carbocycles. The van der Waals surface area contributed by atoms with Gasteiger partial charge >= 0.3 is 0 Å². The largest absolute Gasteiger partial charge is 0.308 e. The van der Waals surface area contributed by atoms with Crippen molar-refractivity contribution in [3.8, 4) is 5.69 Å². The molecule has 0 bridgehead atoms. The summed E-state index contributed by atoms with van der Waals surface area (Å²) in [5.41, 5.74) is 2.60. The van der Waals surface area contributed by atoms with E-state index in [0.717, 1.165) is 23.5 Å². The normalized spacial score (nSPS) is 14.9. The van der Waals surface area contributed by atoms with Crippen LogP contribution in [-0.4, -0.2) is 21.0 Å². The van der Waals surface area contributed by atoms with Gasteiger partial charge in [0.15, 0.2) is 0 Å². The second kappa shape index (κ2) is 5.12. The summed E-state index contributed by atoms with van der Waals surface area (Å²) in [5, 5.41) is 12.9. The number of nitrogens with one attached hydrogen (secondary N) is 1. The van der Waals surface area contributed by atoms with Gasteiger partial charge in [-0.2, -0.15) is 0 Å². The van der Waals surface area contributed by atoms with Gasteiger partial charge in [-0.05, 0) is 37.5 Å². The predicted molar refractivity (Wildman–Crippen MR) is 76.0 cm³/mol. The molecule has 0 aliphatic heterocycles. The summed E-state index contributed by atoms with van der Waals surface area (Å²) >= 11 is 12.3. The van der Waals surface area contributed by atoms with Gasteiger partial charge in [-0.25, -0.2) is 4.68 Å². The standard InChI is InChI=1S/C13H14Cl2N4/c1-8-4-12(15)13(5-11(8)14)19-7-10(17-18-19)6-16-9-2-3-9/h4-5,7,9,16H,2-3,6H2,1H3. The molecule has 1 aliphatic carbocycles. The summed E-state index contributed by atoms with van der Waals surface area (Å²) in [7, 11) is 0. The SMILES string of the molecule is Cc1cc(Cl)c(-n2cc(CNC3CC3)nn2)cc1Cl. The summed E-state index contributed by atoms with van der Waals surface area (Å²) in [6, 6.07) is 4.30. The smallest absolute Gasteiger partial charge is 0.0969 e. The van der Waals surface area contributed by atoms with Gasteiger partial charge in [0.1, 0.15) is 0 Å². The van der Waals surface area contributed by atoms with E-state index in [2.05, 4.69) is 15.6 Å². The van der Waals surface area contributed by atoms with Crippen LogP contribution in [0.1, 0.15) is 24.1 Å². The van der Waals surface area contributed by atoms with E-state index in [-0.39, 0.29) is 0 Å². The number of nitrogens with zero attached hydrogens (tertiary/aromatic N) is 3. The van der Waals surface area contributed by atoms with Gasteiger partial charge in [0.05, 0.1) is 22.6 Å². The molecule has 0 saturated heterocycles. The third kappa shape index (κ3) is 2.91. The van der Waals surface area contributed by atoms with E-state index in [1.807, 2.05) is 25.3 Å². The Morgan fingerprint density at radius 3 is 2.84 bits per heavy atom. The summed E-state index contributed by atoms with van der Waals surface area (Å²) in [6.07, 6.45) is 4.39. The molecule has 19 heavy (non-hydrogen) atoms. The zero-order valence-electron chi connectivity index (χ0n) is 10.5. The van der Waals surface area contributed by atoms with Crippen LogP contribution < -0.4 is 5.32 Å². The second-order valence-corrected chi connectivity index (χ2v) is 5.68. The first-order valence-corrected chi connectivity index (χ1v) is 6.99. The van der Waals surface area contributed by atoms with Crippen LogP contribution in [0.15, 0.2) is 18.3 Å². The Kier molecular flexibility index (Phi) is 3.48. The maximum absolute atomic E-state index is 6.22. The van der Waals surface area contributed by atoms with Crippen molar-refractivity contribution in [2.75, 3.05) is 0 Å². The second-order valence-electron chi connectivity index (χ2n) is 4.86. The average molecular weight is 297 g/mol. The molecule has 0 radical (unpaired) electrons. The van der Waals surface area contributed by atoms with E-state index >= 15 is 0 Å². The van der Waals surface area contributed by atoms with Crippen LogP contribution in [-0.2, 0) is 6.54 Å². The van der Waals surface area contributed by atoms with Crippen molar-refractivity contribution in [1.82, 2.24) is 20.3 Å². The number of halogens is 2. The first-order valence-electron chi connectivity index (χ1n) is 6.24. The lowest BCUT2D eigenvalue weighted by Crippen LogP contribution is -2.15. The van der Waals surface area contributed by atoms with Crippen LogP contribution in [0.2, 0.25) is 10.0 Å². The van der Waals surface area contributed by atoms with Crippen molar-refractivity contribution in [1.29, 1.82) is 0 Å². The minimum Gasteiger partial charge on any atom is -0.308 e. The molecule has 0 spiro atoms. The topological polar surface area (TPSA) is 42.7 Å². The molecule has 1 aromatic carbocycles. The van der Waals surface area contributed by atoms with Crippen molar-refractivity contribution in [3.05, 3.63) is 39.6 Å². The summed E-state index contributed by atoms with van der Waals surface area (Å²) in [5.74, 6) is 0. The third-order valence-corrected chi connectivity index (χ3v) is 3.87. The Morgan fingerprint density at radius 2 is 2.11 bits per heavy atom. The molecule has 1 heterocycles. The van der Waals surface area contributed by atoms with E-state index in [9.17, 15) is 0 Å². The molecule has 6 heteroatoms. The molecule has 1 aliphatic rings. The number of aromatic nitrogens is 3. The Bertz CT molecular complexity index is 605. The molecule has 100 valence electrons. The minimum absolute atomic E-state index is 0.619. The number of hydrogen-bond acceptors (Lipinski definition) is 3. The lowest BCUT2D eigenvalue weighted by atomic mass is 10.2. The van der Waals surface area contributed by atoms with Crippen molar-refractivity contribution < 1.29 is 0 Å². The van der Waals surface area contributed by atoms with Crippen LogP contribution in [0, 0.1) is 6.92 Å². The van der Waals surface area contributed by atoms with Crippen LogP contribution in [0.25, 0.3) is 5.69 Å². The quantitative estimate of drug-likeness (QED) is 0.942. The molecular formula is C13H14Cl2N4. The van der Waals surface area contributed by atoms with Crippen LogP contribution in [0.4, 0.5) is 0 Å². The number of benzene rings is 1. The molecule has 1 aromatic heterocycles. The van der Waals surface area contributed by atoms with Crippen LogP contribution >= 0.6 is 23.2 Å². The van der Waals surface area contributed by atoms with E-state index < -0.39 is 0 Å². The third-order valence-electron chi connectivity index (χ3n) is 3.16. The molecule has 3 rings (SSSR count). The van der Waals surface area contributed by atoms with E-state index in [4.69, 9.17) is 23.2 Å². The number of hydrogen-bond donors (Lipinski definition) is 1. The van der Waals surface area contributed by atoms with Gasteiger partial charge in [-0.3, -0.25) is 0 Å².